The largest absolute Gasteiger partial charge is 0.472 e. The van der Waals surface area contributed by atoms with E-state index >= 15 is 0 Å². The molecule has 0 bridgehead atoms. The first-order chi connectivity index (χ1) is 24.9. The normalized spacial score (nSPS) is 13.7. The standard InChI is InChI=1S/C42H82NO7P/c1-3-5-7-9-11-13-15-17-19-20-21-22-24-26-28-30-32-34-37-47-39-41(40-49-51(45,46)48-38-36-43)50-42(44)35-33-31-29-27-25-23-18-16-14-12-10-8-6-4-2/h10,12,16,18,41H,3-9,11,13-15,17,19-40,43H2,1-2H3,(H,45,46)/b12-10-,18-16-. The Labute approximate surface area is 315 Å². The average Bonchev–Trinajstić information content (AvgIpc) is 3.12. The van der Waals surface area contributed by atoms with Crippen molar-refractivity contribution in [3.05, 3.63) is 24.3 Å². The van der Waals surface area contributed by atoms with Gasteiger partial charge in [-0.3, -0.25) is 13.8 Å². The predicted octanol–water partition coefficient (Wildman–Crippen LogP) is 12.5. The van der Waals surface area contributed by atoms with Crippen LogP contribution in [0.2, 0.25) is 0 Å². The molecule has 0 saturated heterocycles. The molecule has 302 valence electrons. The molecule has 2 atom stereocenters. The van der Waals surface area contributed by atoms with Gasteiger partial charge in [0, 0.05) is 19.6 Å². The summed E-state index contributed by atoms with van der Waals surface area (Å²) < 4.78 is 33.4. The minimum Gasteiger partial charge on any atom is -0.457 e. The summed E-state index contributed by atoms with van der Waals surface area (Å²) in [4.78, 5) is 22.4. The van der Waals surface area contributed by atoms with Crippen LogP contribution in [0, 0.1) is 0 Å². The third-order valence-electron chi connectivity index (χ3n) is 9.12. The second-order valence-corrected chi connectivity index (χ2v) is 15.7. The van der Waals surface area contributed by atoms with Crippen LogP contribution in [-0.2, 0) is 27.9 Å². The smallest absolute Gasteiger partial charge is 0.457 e. The number of nitrogens with two attached hydrogens (primary N) is 1. The van der Waals surface area contributed by atoms with Gasteiger partial charge < -0.3 is 20.1 Å². The Morgan fingerprint density at radius 2 is 1.06 bits per heavy atom. The lowest BCUT2D eigenvalue weighted by atomic mass is 10.0. The van der Waals surface area contributed by atoms with Gasteiger partial charge in [0.1, 0.15) is 6.10 Å². The lowest BCUT2D eigenvalue weighted by Crippen LogP contribution is -2.28. The Bertz CT molecular complexity index is 838. The summed E-state index contributed by atoms with van der Waals surface area (Å²) in [6.45, 7) is 4.89. The van der Waals surface area contributed by atoms with Crippen molar-refractivity contribution in [2.24, 2.45) is 5.73 Å². The van der Waals surface area contributed by atoms with Gasteiger partial charge in [-0.2, -0.15) is 0 Å². The Morgan fingerprint density at radius 3 is 1.59 bits per heavy atom. The molecule has 0 aliphatic carbocycles. The predicted molar refractivity (Wildman–Crippen MR) is 215 cm³/mol. The second-order valence-electron chi connectivity index (χ2n) is 14.2. The van der Waals surface area contributed by atoms with Gasteiger partial charge in [0.2, 0.25) is 0 Å². The van der Waals surface area contributed by atoms with Crippen LogP contribution in [0.25, 0.3) is 0 Å². The molecule has 3 N–H and O–H groups in total. The third-order valence-corrected chi connectivity index (χ3v) is 10.1. The number of hydrogen-bond acceptors (Lipinski definition) is 7. The van der Waals surface area contributed by atoms with E-state index in [1.165, 1.54) is 122 Å². The highest BCUT2D eigenvalue weighted by Crippen LogP contribution is 2.43. The first-order valence-electron chi connectivity index (χ1n) is 21.3. The number of esters is 1. The molecule has 9 heteroatoms. The first kappa shape index (κ1) is 50.0. The Hall–Kier alpha value is -1.02. The molecule has 0 radical (unpaired) electrons. The van der Waals surface area contributed by atoms with E-state index in [0.29, 0.717) is 13.0 Å². The zero-order valence-electron chi connectivity index (χ0n) is 33.3. The first-order valence-corrected chi connectivity index (χ1v) is 22.8. The van der Waals surface area contributed by atoms with E-state index in [-0.39, 0.29) is 32.3 Å². The maximum Gasteiger partial charge on any atom is 0.472 e. The molecule has 0 aliphatic rings. The molecular weight excluding hydrogens is 661 g/mol. The number of carbonyl (C=O) groups is 1. The van der Waals surface area contributed by atoms with Crippen LogP contribution in [0.15, 0.2) is 24.3 Å². The molecule has 0 aromatic heterocycles. The van der Waals surface area contributed by atoms with Gasteiger partial charge in [-0.25, -0.2) is 4.57 Å². The van der Waals surface area contributed by atoms with Crippen molar-refractivity contribution < 1.29 is 32.8 Å². The number of carbonyl (C=O) groups excluding carboxylic acids is 1. The molecule has 51 heavy (non-hydrogen) atoms. The zero-order valence-corrected chi connectivity index (χ0v) is 34.2. The van der Waals surface area contributed by atoms with Crippen molar-refractivity contribution in [2.75, 3.05) is 33.0 Å². The van der Waals surface area contributed by atoms with Crippen LogP contribution >= 0.6 is 7.82 Å². The van der Waals surface area contributed by atoms with Crippen LogP contribution in [0.3, 0.4) is 0 Å². The molecular formula is C42H82NO7P. The molecule has 0 saturated carbocycles. The quantitative estimate of drug-likeness (QED) is 0.0275. The molecule has 0 spiro atoms. The van der Waals surface area contributed by atoms with Gasteiger partial charge in [0.15, 0.2) is 0 Å². The molecule has 0 aromatic rings. The van der Waals surface area contributed by atoms with Gasteiger partial charge >= 0.3 is 13.8 Å². The van der Waals surface area contributed by atoms with E-state index in [9.17, 15) is 14.3 Å². The fourth-order valence-corrected chi connectivity index (χ4v) is 6.72. The molecule has 0 aliphatic heterocycles. The Balaban J connectivity index is 4.01. The highest BCUT2D eigenvalue weighted by Gasteiger charge is 2.25. The fourth-order valence-electron chi connectivity index (χ4n) is 5.95. The van der Waals surface area contributed by atoms with Gasteiger partial charge in [0.25, 0.3) is 0 Å². The minimum atomic E-state index is -4.27. The van der Waals surface area contributed by atoms with Gasteiger partial charge in [-0.15, -0.1) is 0 Å². The zero-order chi connectivity index (χ0) is 37.4. The molecule has 0 rings (SSSR count). The maximum absolute atomic E-state index is 12.6. The highest BCUT2D eigenvalue weighted by atomic mass is 31.2. The Kier molecular flexibility index (Phi) is 39.4. The molecule has 0 amide bonds. The number of unbranched alkanes of at least 4 members (excludes halogenated alkanes) is 24. The number of phosphoric ester groups is 1. The monoisotopic (exact) mass is 744 g/mol. The molecule has 8 nitrogen and oxygen atoms in total. The minimum absolute atomic E-state index is 0.0964. The van der Waals surface area contributed by atoms with E-state index in [1.807, 2.05) is 0 Å². The van der Waals surface area contributed by atoms with Crippen molar-refractivity contribution in [1.82, 2.24) is 0 Å². The number of rotatable bonds is 41. The Morgan fingerprint density at radius 1 is 0.588 bits per heavy atom. The SMILES string of the molecule is CCCC/C=C\C/C=C\CCCCCCCC(=O)OC(COCCCCCCCCCCCCCCCCCCCC)COP(=O)(O)OCCN. The average molecular weight is 744 g/mol. The summed E-state index contributed by atoms with van der Waals surface area (Å²) in [5, 5.41) is 0. The van der Waals surface area contributed by atoms with Crippen LogP contribution in [0.5, 0.6) is 0 Å². The summed E-state index contributed by atoms with van der Waals surface area (Å²) in [6, 6.07) is 0. The molecule has 0 aromatic carbocycles. The van der Waals surface area contributed by atoms with Crippen LogP contribution < -0.4 is 5.73 Å². The van der Waals surface area contributed by atoms with Crippen molar-refractivity contribution in [2.45, 2.75) is 206 Å². The van der Waals surface area contributed by atoms with Crippen LogP contribution in [-0.4, -0.2) is 49.9 Å². The van der Waals surface area contributed by atoms with Gasteiger partial charge in [0.05, 0.1) is 19.8 Å². The topological polar surface area (TPSA) is 117 Å². The van der Waals surface area contributed by atoms with Crippen molar-refractivity contribution in [3.63, 3.8) is 0 Å². The lowest BCUT2D eigenvalue weighted by molar-refractivity contribution is -0.154. The van der Waals surface area contributed by atoms with Crippen molar-refractivity contribution >= 4 is 13.8 Å². The molecule has 0 heterocycles. The van der Waals surface area contributed by atoms with E-state index in [4.69, 9.17) is 24.3 Å². The van der Waals surface area contributed by atoms with Crippen molar-refractivity contribution in [1.29, 1.82) is 0 Å². The van der Waals surface area contributed by atoms with Crippen LogP contribution in [0.1, 0.15) is 200 Å². The summed E-state index contributed by atoms with van der Waals surface area (Å²) in [5.74, 6) is -0.342. The lowest BCUT2D eigenvalue weighted by Gasteiger charge is -2.20. The fraction of sp³-hybridized carbons (Fsp3) is 0.881. The third kappa shape index (κ3) is 40.0. The number of hydrogen-bond donors (Lipinski definition) is 2. The number of phosphoric acid groups is 1. The van der Waals surface area contributed by atoms with E-state index in [1.54, 1.807) is 0 Å². The summed E-state index contributed by atoms with van der Waals surface area (Å²) >= 11 is 0. The van der Waals surface area contributed by atoms with Gasteiger partial charge in [-0.1, -0.05) is 179 Å². The summed E-state index contributed by atoms with van der Waals surface area (Å²) in [7, 11) is -4.27. The van der Waals surface area contributed by atoms with E-state index in [2.05, 4.69) is 38.2 Å². The van der Waals surface area contributed by atoms with E-state index in [0.717, 1.165) is 57.8 Å². The summed E-state index contributed by atoms with van der Waals surface area (Å²) in [6.07, 6.45) is 43.3. The van der Waals surface area contributed by atoms with Crippen molar-refractivity contribution in [3.8, 4) is 0 Å². The van der Waals surface area contributed by atoms with Gasteiger partial charge in [-0.05, 0) is 38.5 Å². The highest BCUT2D eigenvalue weighted by molar-refractivity contribution is 7.47. The second kappa shape index (κ2) is 40.2. The van der Waals surface area contributed by atoms with E-state index < -0.39 is 13.9 Å². The summed E-state index contributed by atoms with van der Waals surface area (Å²) in [5.41, 5.74) is 5.36. The number of ether oxygens (including phenoxy) is 2. The van der Waals surface area contributed by atoms with Crippen LogP contribution in [0.4, 0.5) is 0 Å². The molecule has 0 fully saturated rings. The molecule has 2 unspecified atom stereocenters. The number of allylic oxidation sites excluding steroid dienone is 4. The maximum atomic E-state index is 12.6.